The summed E-state index contributed by atoms with van der Waals surface area (Å²) in [5, 5.41) is 14.2. The van der Waals surface area contributed by atoms with E-state index in [1.54, 1.807) is 19.1 Å². The minimum atomic E-state index is -1.06. The highest BCUT2D eigenvalue weighted by atomic mass is 16.3. The predicted octanol–water partition coefficient (Wildman–Crippen LogP) is 1.79. The van der Waals surface area contributed by atoms with Gasteiger partial charge >= 0.3 is 0 Å². The van der Waals surface area contributed by atoms with E-state index in [9.17, 15) is 14.4 Å². The van der Waals surface area contributed by atoms with Crippen LogP contribution in [-0.2, 0) is 16.0 Å². The fourth-order valence-corrected chi connectivity index (χ4v) is 3.04. The van der Waals surface area contributed by atoms with Crippen LogP contribution >= 0.6 is 0 Å². The van der Waals surface area contributed by atoms with Crippen LogP contribution in [0.1, 0.15) is 40.7 Å². The van der Waals surface area contributed by atoms with Gasteiger partial charge in [0.1, 0.15) is 5.66 Å². The van der Waals surface area contributed by atoms with E-state index in [1.807, 2.05) is 42.5 Å². The number of aliphatic hydroxyl groups is 1. The lowest BCUT2D eigenvalue weighted by atomic mass is 9.83. The molecule has 2 rings (SSSR count). The number of carbonyl (C=O) groups excluding carboxylic acids is 3. The minimum Gasteiger partial charge on any atom is -0.396 e. The Hall–Kier alpha value is -2.99. The molecule has 0 aliphatic rings. The number of hydrogen-bond acceptors (Lipinski definition) is 4. The van der Waals surface area contributed by atoms with Crippen LogP contribution in [0.5, 0.6) is 0 Å². The van der Waals surface area contributed by atoms with Gasteiger partial charge in [0, 0.05) is 18.6 Å². The van der Waals surface area contributed by atoms with Crippen molar-refractivity contribution in [2.45, 2.75) is 31.3 Å². The van der Waals surface area contributed by atoms with Gasteiger partial charge in [-0.25, -0.2) is 0 Å². The molecule has 142 valence electrons. The van der Waals surface area contributed by atoms with Gasteiger partial charge in [0.15, 0.2) is 5.78 Å². The number of benzene rings is 2. The molecule has 1 unspecified atom stereocenters. The van der Waals surface area contributed by atoms with E-state index in [0.29, 0.717) is 24.8 Å². The fraction of sp³-hybridized carbons (Fsp3) is 0.286. The summed E-state index contributed by atoms with van der Waals surface area (Å²) in [4.78, 5) is 35.2. The van der Waals surface area contributed by atoms with Crippen LogP contribution in [0.3, 0.4) is 0 Å². The van der Waals surface area contributed by atoms with Crippen LogP contribution in [-0.4, -0.2) is 36.0 Å². The Kier molecular flexibility index (Phi) is 7.25. The number of rotatable bonds is 11. The summed E-state index contributed by atoms with van der Waals surface area (Å²) >= 11 is 0. The predicted molar refractivity (Wildman–Crippen MR) is 102 cm³/mol. The highest BCUT2D eigenvalue weighted by Gasteiger charge is 2.32. The van der Waals surface area contributed by atoms with Crippen molar-refractivity contribution in [2.75, 3.05) is 6.61 Å². The van der Waals surface area contributed by atoms with Crippen molar-refractivity contribution in [3.63, 3.8) is 0 Å². The van der Waals surface area contributed by atoms with Crippen LogP contribution in [0.25, 0.3) is 0 Å². The van der Waals surface area contributed by atoms with Crippen molar-refractivity contribution in [3.05, 3.63) is 71.3 Å². The molecule has 0 fully saturated rings. The molecule has 27 heavy (non-hydrogen) atoms. The van der Waals surface area contributed by atoms with Crippen LogP contribution in [0, 0.1) is 0 Å². The van der Waals surface area contributed by atoms with Gasteiger partial charge in [-0.05, 0) is 24.5 Å². The van der Waals surface area contributed by atoms with Crippen molar-refractivity contribution < 1.29 is 19.5 Å². The molecule has 2 amide bonds. The smallest absolute Gasteiger partial charge is 0.208 e. The molecule has 0 heterocycles. The highest BCUT2D eigenvalue weighted by Crippen LogP contribution is 2.29. The third-order valence-corrected chi connectivity index (χ3v) is 4.52. The fourth-order valence-electron chi connectivity index (χ4n) is 3.04. The van der Waals surface area contributed by atoms with E-state index in [4.69, 9.17) is 5.11 Å². The summed E-state index contributed by atoms with van der Waals surface area (Å²) in [6.45, 7) is 1.70. The highest BCUT2D eigenvalue weighted by molar-refractivity contribution is 6.01. The van der Waals surface area contributed by atoms with Gasteiger partial charge < -0.3 is 15.7 Å². The Bertz CT molecular complexity index is 750. The first-order chi connectivity index (χ1) is 13.0. The second-order valence-corrected chi connectivity index (χ2v) is 6.56. The number of nitrogens with one attached hydrogen (secondary N) is 2. The molecular formula is C21H24N2O4. The zero-order valence-corrected chi connectivity index (χ0v) is 15.2. The van der Waals surface area contributed by atoms with Crippen molar-refractivity contribution in [1.82, 2.24) is 10.6 Å². The van der Waals surface area contributed by atoms with E-state index >= 15 is 0 Å². The van der Waals surface area contributed by atoms with Gasteiger partial charge in [-0.15, -0.1) is 0 Å². The molecule has 0 bridgehead atoms. The number of Topliss-reactive ketones (excluding diaryl/α,β-unsaturated/α-hetero) is 1. The molecule has 0 aromatic heterocycles. The van der Waals surface area contributed by atoms with Gasteiger partial charge in [0.25, 0.3) is 0 Å². The number of carbonyl (C=O) groups is 3. The van der Waals surface area contributed by atoms with Crippen LogP contribution < -0.4 is 10.6 Å². The molecule has 0 aliphatic heterocycles. The van der Waals surface area contributed by atoms with Gasteiger partial charge in [-0.3, -0.25) is 14.4 Å². The molecule has 6 heteroatoms. The monoisotopic (exact) mass is 368 g/mol. The minimum absolute atomic E-state index is 0.0486. The van der Waals surface area contributed by atoms with E-state index in [-0.39, 0.29) is 18.8 Å². The number of hydrogen-bond donors (Lipinski definition) is 3. The van der Waals surface area contributed by atoms with Crippen LogP contribution in [0.4, 0.5) is 0 Å². The lowest BCUT2D eigenvalue weighted by Gasteiger charge is -2.32. The lowest BCUT2D eigenvalue weighted by molar-refractivity contribution is -0.114. The quantitative estimate of drug-likeness (QED) is 0.320. The summed E-state index contributed by atoms with van der Waals surface area (Å²) < 4.78 is 0. The summed E-state index contributed by atoms with van der Waals surface area (Å²) in [6, 6.07) is 16.4. The molecule has 0 spiro atoms. The number of aliphatic hydroxyl groups excluding tert-OH is 1. The molecule has 0 aliphatic carbocycles. The SMILES string of the molecule is CC(CC(C(=O)c1ccc(CCO)cc1)c1ccccc1)(NC=O)NC=O. The first kappa shape index (κ1) is 20.3. The average molecular weight is 368 g/mol. The van der Waals surface area contributed by atoms with Gasteiger partial charge in [-0.1, -0.05) is 54.6 Å². The van der Waals surface area contributed by atoms with Crippen LogP contribution in [0.15, 0.2) is 54.6 Å². The van der Waals surface area contributed by atoms with Crippen LogP contribution in [0.2, 0.25) is 0 Å². The van der Waals surface area contributed by atoms with Crippen molar-refractivity contribution in [2.24, 2.45) is 0 Å². The first-order valence-corrected chi connectivity index (χ1v) is 8.74. The zero-order chi connectivity index (χ0) is 19.7. The largest absolute Gasteiger partial charge is 0.396 e. The van der Waals surface area contributed by atoms with Crippen molar-refractivity contribution >= 4 is 18.6 Å². The Morgan fingerprint density at radius 1 is 1.04 bits per heavy atom. The Morgan fingerprint density at radius 3 is 2.15 bits per heavy atom. The molecule has 1 atom stereocenters. The summed E-state index contributed by atoms with van der Waals surface area (Å²) in [7, 11) is 0. The Balaban J connectivity index is 2.35. The normalized spacial score (nSPS) is 12.1. The third-order valence-electron chi connectivity index (χ3n) is 4.52. The maximum absolute atomic E-state index is 13.2. The van der Waals surface area contributed by atoms with E-state index in [1.165, 1.54) is 0 Å². The van der Waals surface area contributed by atoms with E-state index < -0.39 is 11.6 Å². The van der Waals surface area contributed by atoms with Crippen molar-refractivity contribution in [3.8, 4) is 0 Å². The van der Waals surface area contributed by atoms with E-state index in [2.05, 4.69) is 10.6 Å². The Labute approximate surface area is 158 Å². The molecule has 0 saturated heterocycles. The van der Waals surface area contributed by atoms with Gasteiger partial charge in [0.05, 0.1) is 5.92 Å². The molecule has 6 nitrogen and oxygen atoms in total. The van der Waals surface area contributed by atoms with Gasteiger partial charge in [-0.2, -0.15) is 0 Å². The maximum Gasteiger partial charge on any atom is 0.208 e. The van der Waals surface area contributed by atoms with E-state index in [0.717, 1.165) is 11.1 Å². The standard InChI is InChI=1S/C21H24N2O4/c1-21(22-14-25,23-15-26)13-19(17-5-3-2-4-6-17)20(27)18-9-7-16(8-10-18)11-12-24/h2-10,14-15,19,24H,11-13H2,1H3,(H,22,25)(H,23,26). The molecule has 2 aromatic rings. The summed E-state index contributed by atoms with van der Waals surface area (Å²) in [6.07, 6.45) is 1.74. The van der Waals surface area contributed by atoms with Crippen molar-refractivity contribution in [1.29, 1.82) is 0 Å². The molecular weight excluding hydrogens is 344 g/mol. The molecule has 3 N–H and O–H groups in total. The average Bonchev–Trinajstić information content (AvgIpc) is 2.68. The van der Waals surface area contributed by atoms with Gasteiger partial charge in [0.2, 0.25) is 12.8 Å². The zero-order valence-electron chi connectivity index (χ0n) is 15.2. The number of amides is 2. The molecule has 2 aromatic carbocycles. The lowest BCUT2D eigenvalue weighted by Crippen LogP contribution is -2.54. The number of ketones is 1. The Morgan fingerprint density at radius 2 is 1.63 bits per heavy atom. The second kappa shape index (κ2) is 9.64. The molecule has 0 radical (unpaired) electrons. The maximum atomic E-state index is 13.2. The topological polar surface area (TPSA) is 95.5 Å². The summed E-state index contributed by atoms with van der Waals surface area (Å²) in [5.74, 6) is -0.664. The third kappa shape index (κ3) is 5.49. The summed E-state index contributed by atoms with van der Waals surface area (Å²) in [5.41, 5.74) is 1.22. The molecule has 0 saturated carbocycles. The first-order valence-electron chi connectivity index (χ1n) is 8.74. The second-order valence-electron chi connectivity index (χ2n) is 6.56.